The lowest BCUT2D eigenvalue weighted by atomic mass is 10.0. The van der Waals surface area contributed by atoms with Crippen LogP contribution in [0.5, 0.6) is 0 Å². The zero-order valence-electron chi connectivity index (χ0n) is 9.50. The summed E-state index contributed by atoms with van der Waals surface area (Å²) in [6, 6.07) is 0. The summed E-state index contributed by atoms with van der Waals surface area (Å²) in [4.78, 5) is 21.7. The number of aliphatic hydroxyl groups excluding tert-OH is 1. The minimum absolute atomic E-state index is 0.258. The van der Waals surface area contributed by atoms with Gasteiger partial charge < -0.3 is 19.3 Å². The van der Waals surface area contributed by atoms with Gasteiger partial charge in [0, 0.05) is 20.3 Å². The van der Waals surface area contributed by atoms with Crippen molar-refractivity contribution in [2.24, 2.45) is 0 Å². The third-order valence-electron chi connectivity index (χ3n) is 2.20. The van der Waals surface area contributed by atoms with E-state index in [-0.39, 0.29) is 6.10 Å². The predicted octanol–water partition coefficient (Wildman–Crippen LogP) is -0.0230. The summed E-state index contributed by atoms with van der Waals surface area (Å²) in [5.41, 5.74) is 0. The second kappa shape index (κ2) is 5.27. The molecule has 6 heteroatoms. The van der Waals surface area contributed by atoms with Crippen LogP contribution in [-0.2, 0) is 23.8 Å². The third kappa shape index (κ3) is 3.46. The van der Waals surface area contributed by atoms with E-state index in [1.807, 2.05) is 0 Å². The summed E-state index contributed by atoms with van der Waals surface area (Å²) in [5.74, 6) is -1.04. The molecule has 0 aromatic rings. The molecule has 4 atom stereocenters. The molecular weight excluding hydrogens is 216 g/mol. The van der Waals surface area contributed by atoms with Gasteiger partial charge in [-0.15, -0.1) is 0 Å². The van der Waals surface area contributed by atoms with Crippen LogP contribution in [0.25, 0.3) is 0 Å². The Balaban J connectivity index is 2.71. The van der Waals surface area contributed by atoms with Gasteiger partial charge in [-0.2, -0.15) is 0 Å². The SMILES string of the molecule is CC(=O)O[C@@H]1[C@@H](OC(C)=O)C[C@@H](C)O[C@@H]1O. The Hall–Kier alpha value is -1.14. The highest BCUT2D eigenvalue weighted by atomic mass is 16.7. The van der Waals surface area contributed by atoms with Crippen LogP contribution < -0.4 is 0 Å². The van der Waals surface area contributed by atoms with E-state index in [0.717, 1.165) is 0 Å². The van der Waals surface area contributed by atoms with Crippen molar-refractivity contribution >= 4 is 11.9 Å². The van der Waals surface area contributed by atoms with Gasteiger partial charge in [-0.25, -0.2) is 0 Å². The van der Waals surface area contributed by atoms with E-state index in [1.165, 1.54) is 13.8 Å². The van der Waals surface area contributed by atoms with Crippen molar-refractivity contribution in [1.82, 2.24) is 0 Å². The van der Waals surface area contributed by atoms with Crippen LogP contribution in [0.3, 0.4) is 0 Å². The van der Waals surface area contributed by atoms with Crippen LogP contribution in [0.2, 0.25) is 0 Å². The fourth-order valence-electron chi connectivity index (χ4n) is 1.67. The molecule has 0 saturated carbocycles. The van der Waals surface area contributed by atoms with E-state index in [2.05, 4.69) is 0 Å². The number of aliphatic hydroxyl groups is 1. The number of rotatable bonds is 2. The van der Waals surface area contributed by atoms with E-state index in [4.69, 9.17) is 14.2 Å². The van der Waals surface area contributed by atoms with Gasteiger partial charge in [0.2, 0.25) is 0 Å². The maximum Gasteiger partial charge on any atom is 0.303 e. The van der Waals surface area contributed by atoms with Gasteiger partial charge in [0.1, 0.15) is 6.10 Å². The predicted molar refractivity (Wildman–Crippen MR) is 52.3 cm³/mol. The van der Waals surface area contributed by atoms with Crippen molar-refractivity contribution < 1.29 is 28.9 Å². The Morgan fingerprint density at radius 2 is 1.81 bits per heavy atom. The fraction of sp³-hybridized carbons (Fsp3) is 0.800. The molecule has 0 aromatic carbocycles. The lowest BCUT2D eigenvalue weighted by molar-refractivity contribution is -0.255. The van der Waals surface area contributed by atoms with E-state index in [1.54, 1.807) is 6.92 Å². The highest BCUT2D eigenvalue weighted by Gasteiger charge is 2.40. The Morgan fingerprint density at radius 3 is 2.31 bits per heavy atom. The Morgan fingerprint density at radius 1 is 1.25 bits per heavy atom. The maximum atomic E-state index is 10.9. The Labute approximate surface area is 93.5 Å². The lowest BCUT2D eigenvalue weighted by Crippen LogP contribution is -2.51. The summed E-state index contributed by atoms with van der Waals surface area (Å²) < 4.78 is 15.0. The molecule has 1 aliphatic heterocycles. The van der Waals surface area contributed by atoms with Gasteiger partial charge >= 0.3 is 11.9 Å². The van der Waals surface area contributed by atoms with Gasteiger partial charge in [-0.05, 0) is 6.92 Å². The Kier molecular flexibility index (Phi) is 4.26. The van der Waals surface area contributed by atoms with Gasteiger partial charge in [-0.1, -0.05) is 0 Å². The average Bonchev–Trinajstić information content (AvgIpc) is 2.09. The van der Waals surface area contributed by atoms with Crippen molar-refractivity contribution in [3.63, 3.8) is 0 Å². The van der Waals surface area contributed by atoms with Crippen LogP contribution in [0, 0.1) is 0 Å². The monoisotopic (exact) mass is 232 g/mol. The van der Waals surface area contributed by atoms with Crippen LogP contribution >= 0.6 is 0 Å². The number of esters is 2. The molecule has 0 aromatic heterocycles. The van der Waals surface area contributed by atoms with Crippen LogP contribution in [0.4, 0.5) is 0 Å². The lowest BCUT2D eigenvalue weighted by Gasteiger charge is -2.36. The summed E-state index contributed by atoms with van der Waals surface area (Å²) in [7, 11) is 0. The van der Waals surface area contributed by atoms with Gasteiger partial charge in [0.05, 0.1) is 6.10 Å². The zero-order valence-corrected chi connectivity index (χ0v) is 9.50. The normalized spacial score (nSPS) is 34.2. The molecule has 1 heterocycles. The summed E-state index contributed by atoms with van der Waals surface area (Å²) in [6.07, 6.45) is -2.77. The highest BCUT2D eigenvalue weighted by molar-refractivity contribution is 5.67. The van der Waals surface area contributed by atoms with E-state index >= 15 is 0 Å². The topological polar surface area (TPSA) is 82.1 Å². The molecule has 1 rings (SSSR count). The Bertz CT molecular complexity index is 276. The number of hydrogen-bond acceptors (Lipinski definition) is 6. The minimum Gasteiger partial charge on any atom is -0.458 e. The van der Waals surface area contributed by atoms with Crippen LogP contribution in [0.1, 0.15) is 27.2 Å². The first kappa shape index (κ1) is 12.9. The second-order valence-electron chi connectivity index (χ2n) is 3.79. The smallest absolute Gasteiger partial charge is 0.303 e. The van der Waals surface area contributed by atoms with Crippen LogP contribution in [0.15, 0.2) is 0 Å². The minimum atomic E-state index is -1.27. The quantitative estimate of drug-likeness (QED) is 0.674. The van der Waals surface area contributed by atoms with Gasteiger partial charge in [0.15, 0.2) is 12.4 Å². The molecule has 0 amide bonds. The molecule has 92 valence electrons. The second-order valence-corrected chi connectivity index (χ2v) is 3.79. The first-order valence-corrected chi connectivity index (χ1v) is 5.08. The third-order valence-corrected chi connectivity index (χ3v) is 2.20. The number of hydrogen-bond donors (Lipinski definition) is 1. The molecule has 16 heavy (non-hydrogen) atoms. The van der Waals surface area contributed by atoms with Crippen molar-refractivity contribution in [3.8, 4) is 0 Å². The summed E-state index contributed by atoms with van der Waals surface area (Å²) in [6.45, 7) is 4.22. The van der Waals surface area contributed by atoms with Crippen molar-refractivity contribution in [1.29, 1.82) is 0 Å². The number of carbonyl (C=O) groups is 2. The molecule has 1 fully saturated rings. The average molecular weight is 232 g/mol. The summed E-state index contributed by atoms with van der Waals surface area (Å²) in [5, 5.41) is 9.58. The van der Waals surface area contributed by atoms with Gasteiger partial charge in [-0.3, -0.25) is 9.59 Å². The molecule has 0 aliphatic carbocycles. The molecule has 1 N–H and O–H groups in total. The van der Waals surface area contributed by atoms with Crippen LogP contribution in [-0.4, -0.2) is 41.6 Å². The molecule has 0 unspecified atom stereocenters. The molecule has 0 bridgehead atoms. The number of carbonyl (C=O) groups excluding carboxylic acids is 2. The van der Waals surface area contributed by atoms with Crippen molar-refractivity contribution in [2.75, 3.05) is 0 Å². The molecule has 0 spiro atoms. The fourth-order valence-corrected chi connectivity index (χ4v) is 1.67. The highest BCUT2D eigenvalue weighted by Crippen LogP contribution is 2.24. The zero-order chi connectivity index (χ0) is 12.3. The number of ether oxygens (including phenoxy) is 3. The van der Waals surface area contributed by atoms with Crippen molar-refractivity contribution in [3.05, 3.63) is 0 Å². The first-order chi connectivity index (χ1) is 7.40. The molecule has 1 aliphatic rings. The molecular formula is C10H16O6. The molecule has 1 saturated heterocycles. The van der Waals surface area contributed by atoms with Crippen molar-refractivity contribution in [2.45, 2.75) is 51.8 Å². The van der Waals surface area contributed by atoms with Gasteiger partial charge in [0.25, 0.3) is 0 Å². The first-order valence-electron chi connectivity index (χ1n) is 5.08. The van der Waals surface area contributed by atoms with E-state index in [9.17, 15) is 14.7 Å². The van der Waals surface area contributed by atoms with E-state index in [0.29, 0.717) is 6.42 Å². The molecule has 0 radical (unpaired) electrons. The van der Waals surface area contributed by atoms with E-state index < -0.39 is 30.4 Å². The standard InChI is InChI=1S/C10H16O6/c1-5-4-8(15-6(2)11)9(10(13)14-5)16-7(3)12/h5,8-10,13H,4H2,1-3H3/t5-,8+,9-,10+/m1/s1. The largest absolute Gasteiger partial charge is 0.458 e. The summed E-state index contributed by atoms with van der Waals surface area (Å²) >= 11 is 0. The maximum absolute atomic E-state index is 10.9. The molecule has 6 nitrogen and oxygen atoms in total.